The average Bonchev–Trinajstić information content (AvgIpc) is 2.57. The zero-order valence-electron chi connectivity index (χ0n) is 13.6. The van der Waals surface area contributed by atoms with E-state index < -0.39 is 10.0 Å². The normalized spacial score (nSPS) is 11.8. The first kappa shape index (κ1) is 17.6. The van der Waals surface area contributed by atoms with E-state index in [1.165, 1.54) is 4.31 Å². The van der Waals surface area contributed by atoms with E-state index in [0.717, 1.165) is 11.3 Å². The fourth-order valence-electron chi connectivity index (χ4n) is 2.33. The third-order valence-electron chi connectivity index (χ3n) is 3.63. The van der Waals surface area contributed by atoms with E-state index in [9.17, 15) is 8.42 Å². The number of sulfonamides is 1. The third kappa shape index (κ3) is 4.60. The Balaban J connectivity index is 1.97. The van der Waals surface area contributed by atoms with Crippen molar-refractivity contribution in [3.63, 3.8) is 0 Å². The summed E-state index contributed by atoms with van der Waals surface area (Å²) in [4.78, 5) is 4.59. The van der Waals surface area contributed by atoms with Gasteiger partial charge in [-0.15, -0.1) is 0 Å². The molecule has 0 radical (unpaired) electrons. The van der Waals surface area contributed by atoms with Crippen LogP contribution in [0, 0.1) is 0 Å². The molecule has 0 aliphatic heterocycles. The van der Waals surface area contributed by atoms with Crippen LogP contribution in [0.1, 0.15) is 25.1 Å². The van der Waals surface area contributed by atoms with Gasteiger partial charge in [0, 0.05) is 32.4 Å². The number of benzene rings is 1. The lowest BCUT2D eigenvalue weighted by Gasteiger charge is -2.18. The van der Waals surface area contributed by atoms with Crippen molar-refractivity contribution in [2.24, 2.45) is 0 Å². The molecule has 1 aromatic carbocycles. The van der Waals surface area contributed by atoms with E-state index in [0.29, 0.717) is 31.1 Å². The van der Waals surface area contributed by atoms with Gasteiger partial charge in [0.2, 0.25) is 10.0 Å². The van der Waals surface area contributed by atoms with Crippen molar-refractivity contribution < 1.29 is 8.42 Å². The molecule has 6 heteroatoms. The van der Waals surface area contributed by atoms with Crippen LogP contribution >= 0.6 is 0 Å². The number of hydrogen-bond donors (Lipinski definition) is 1. The van der Waals surface area contributed by atoms with Crippen LogP contribution in [0.5, 0.6) is 0 Å². The summed E-state index contributed by atoms with van der Waals surface area (Å²) in [6.45, 7) is 5.99. The van der Waals surface area contributed by atoms with Crippen LogP contribution < -0.4 is 5.32 Å². The van der Waals surface area contributed by atoms with Gasteiger partial charge in [0.25, 0.3) is 0 Å². The molecule has 0 saturated heterocycles. The van der Waals surface area contributed by atoms with Crippen LogP contribution in [0.3, 0.4) is 0 Å². The maximum Gasteiger partial charge on any atom is 0.243 e. The Morgan fingerprint density at radius 3 is 2.26 bits per heavy atom. The van der Waals surface area contributed by atoms with Crippen LogP contribution in [-0.2, 0) is 23.1 Å². The number of nitrogens with one attached hydrogen (secondary N) is 1. The van der Waals surface area contributed by atoms with Gasteiger partial charge in [-0.2, -0.15) is 4.31 Å². The van der Waals surface area contributed by atoms with E-state index in [1.807, 2.05) is 44.2 Å². The lowest BCUT2D eigenvalue weighted by Crippen LogP contribution is -2.30. The zero-order chi connectivity index (χ0) is 16.7. The molecule has 2 rings (SSSR count). The molecule has 0 atom stereocenters. The number of aromatic nitrogens is 1. The van der Waals surface area contributed by atoms with Gasteiger partial charge in [0.1, 0.15) is 0 Å². The summed E-state index contributed by atoms with van der Waals surface area (Å²) >= 11 is 0. The smallest absolute Gasteiger partial charge is 0.243 e. The summed E-state index contributed by atoms with van der Waals surface area (Å²) in [5, 5.41) is 3.30. The molecule has 0 fully saturated rings. The minimum absolute atomic E-state index is 0.342. The van der Waals surface area contributed by atoms with Crippen molar-refractivity contribution >= 4 is 10.0 Å². The number of hydrogen-bond acceptors (Lipinski definition) is 4. The van der Waals surface area contributed by atoms with E-state index in [1.54, 1.807) is 18.3 Å². The Morgan fingerprint density at radius 1 is 1.00 bits per heavy atom. The molecule has 0 saturated carbocycles. The third-order valence-corrected chi connectivity index (χ3v) is 5.69. The van der Waals surface area contributed by atoms with Crippen molar-refractivity contribution in [1.82, 2.24) is 14.6 Å². The molecule has 1 N–H and O–H groups in total. The standard InChI is InChI=1S/C17H23N3O2S/c1-3-20(4-2)23(21,22)17-10-8-15(9-11-17)13-18-14-16-7-5-6-12-19-16/h5-12,18H,3-4,13-14H2,1-2H3. The zero-order valence-corrected chi connectivity index (χ0v) is 14.4. The summed E-state index contributed by atoms with van der Waals surface area (Å²) in [5.74, 6) is 0. The molecule has 0 aliphatic rings. The monoisotopic (exact) mass is 333 g/mol. The molecule has 0 aliphatic carbocycles. The highest BCUT2D eigenvalue weighted by Crippen LogP contribution is 2.16. The highest BCUT2D eigenvalue weighted by atomic mass is 32.2. The average molecular weight is 333 g/mol. The number of rotatable bonds is 8. The van der Waals surface area contributed by atoms with E-state index >= 15 is 0 Å². The van der Waals surface area contributed by atoms with Crippen molar-refractivity contribution in [3.05, 3.63) is 59.9 Å². The van der Waals surface area contributed by atoms with Crippen molar-refractivity contribution in [3.8, 4) is 0 Å². The Kier molecular flexibility index (Phi) is 6.27. The highest BCUT2D eigenvalue weighted by molar-refractivity contribution is 7.89. The molecule has 5 nitrogen and oxygen atoms in total. The molecule has 0 unspecified atom stereocenters. The van der Waals surface area contributed by atoms with Crippen LogP contribution in [-0.4, -0.2) is 30.8 Å². The first-order chi connectivity index (χ1) is 11.1. The fraction of sp³-hybridized carbons (Fsp3) is 0.353. The SMILES string of the molecule is CCN(CC)S(=O)(=O)c1ccc(CNCc2ccccn2)cc1. The maximum atomic E-state index is 12.4. The van der Waals surface area contributed by atoms with Gasteiger partial charge in [-0.05, 0) is 29.8 Å². The second-order valence-electron chi connectivity index (χ2n) is 5.16. The van der Waals surface area contributed by atoms with Crippen LogP contribution in [0.4, 0.5) is 0 Å². The maximum absolute atomic E-state index is 12.4. The fourth-order valence-corrected chi connectivity index (χ4v) is 3.79. The summed E-state index contributed by atoms with van der Waals surface area (Å²) in [6.07, 6.45) is 1.77. The Labute approximate surface area is 138 Å². The lowest BCUT2D eigenvalue weighted by molar-refractivity contribution is 0.445. The Hall–Kier alpha value is -1.76. The van der Waals surface area contributed by atoms with Crippen LogP contribution in [0.15, 0.2) is 53.6 Å². The van der Waals surface area contributed by atoms with E-state index in [4.69, 9.17) is 0 Å². The molecule has 1 heterocycles. The lowest BCUT2D eigenvalue weighted by atomic mass is 10.2. The van der Waals surface area contributed by atoms with Crippen molar-refractivity contribution in [2.75, 3.05) is 13.1 Å². The molecule has 1 aromatic heterocycles. The summed E-state index contributed by atoms with van der Waals surface area (Å²) in [5.41, 5.74) is 2.02. The predicted octanol–water partition coefficient (Wildman–Crippen LogP) is 2.40. The largest absolute Gasteiger partial charge is 0.307 e. The molecular weight excluding hydrogens is 310 g/mol. The van der Waals surface area contributed by atoms with Crippen molar-refractivity contribution in [1.29, 1.82) is 0 Å². The number of nitrogens with zero attached hydrogens (tertiary/aromatic N) is 2. The molecule has 0 bridgehead atoms. The molecule has 23 heavy (non-hydrogen) atoms. The molecule has 124 valence electrons. The van der Waals surface area contributed by atoms with Crippen LogP contribution in [0.2, 0.25) is 0 Å². The first-order valence-corrected chi connectivity index (χ1v) is 9.21. The van der Waals surface area contributed by atoms with E-state index in [-0.39, 0.29) is 0 Å². The van der Waals surface area contributed by atoms with E-state index in [2.05, 4.69) is 10.3 Å². The van der Waals surface area contributed by atoms with Gasteiger partial charge in [-0.3, -0.25) is 4.98 Å². The summed E-state index contributed by atoms with van der Waals surface area (Å²) in [7, 11) is -3.38. The second kappa shape index (κ2) is 8.19. The quantitative estimate of drug-likeness (QED) is 0.806. The van der Waals surface area contributed by atoms with Crippen LogP contribution in [0.25, 0.3) is 0 Å². The van der Waals surface area contributed by atoms with Gasteiger partial charge in [0.05, 0.1) is 10.6 Å². The molecule has 2 aromatic rings. The first-order valence-electron chi connectivity index (χ1n) is 7.77. The predicted molar refractivity (Wildman–Crippen MR) is 91.3 cm³/mol. The molecule has 0 amide bonds. The minimum Gasteiger partial charge on any atom is -0.307 e. The molecular formula is C17H23N3O2S. The molecule has 0 spiro atoms. The van der Waals surface area contributed by atoms with Gasteiger partial charge < -0.3 is 5.32 Å². The summed E-state index contributed by atoms with van der Waals surface area (Å²) < 4.78 is 26.3. The van der Waals surface area contributed by atoms with Gasteiger partial charge in [-0.1, -0.05) is 32.0 Å². The summed E-state index contributed by atoms with van der Waals surface area (Å²) in [6, 6.07) is 12.8. The minimum atomic E-state index is -3.38. The highest BCUT2D eigenvalue weighted by Gasteiger charge is 2.20. The number of pyridine rings is 1. The van der Waals surface area contributed by atoms with Gasteiger partial charge >= 0.3 is 0 Å². The van der Waals surface area contributed by atoms with Gasteiger partial charge in [0.15, 0.2) is 0 Å². The Bertz CT molecular complexity index is 696. The topological polar surface area (TPSA) is 62.3 Å². The Morgan fingerprint density at radius 2 is 1.70 bits per heavy atom. The van der Waals surface area contributed by atoms with Crippen molar-refractivity contribution in [2.45, 2.75) is 31.8 Å². The van der Waals surface area contributed by atoms with Gasteiger partial charge in [-0.25, -0.2) is 8.42 Å². The second-order valence-corrected chi connectivity index (χ2v) is 7.10.